The third kappa shape index (κ3) is 2.59. The van der Waals surface area contributed by atoms with Crippen molar-refractivity contribution in [2.75, 3.05) is 0 Å². The molecule has 0 bridgehead atoms. The number of nitrogens with zero attached hydrogens (tertiary/aromatic N) is 4. The summed E-state index contributed by atoms with van der Waals surface area (Å²) in [6.45, 7) is 4.36. The zero-order chi connectivity index (χ0) is 18.8. The standard InChI is InChI=1S/C18H24N6O2S.2H2/c1-3-11-8-12(23-27(25,26)13-4-5-13)9-18(11,2)17-22-21-15-10-20-16-14(24(15)17)6-7-19-16;;/h6-7,10-13,19,23H,3-5,8-9H2,1-2H3;2*1H/t11-,12+,18-;;/m1../s1. The summed E-state index contributed by atoms with van der Waals surface area (Å²) < 4.78 is 29.9. The summed E-state index contributed by atoms with van der Waals surface area (Å²) in [4.78, 5) is 7.53. The molecule has 0 amide bonds. The number of rotatable bonds is 5. The Morgan fingerprint density at radius 3 is 2.96 bits per heavy atom. The van der Waals surface area contributed by atoms with E-state index in [4.69, 9.17) is 0 Å². The molecular formula is C18H28N6O2S. The molecule has 2 N–H and O–H groups in total. The number of H-pyrrole nitrogens is 1. The van der Waals surface area contributed by atoms with Crippen LogP contribution in [0, 0.1) is 5.92 Å². The molecule has 2 fully saturated rings. The first-order valence-corrected chi connectivity index (χ1v) is 11.2. The van der Waals surface area contributed by atoms with Crippen LogP contribution in [0.15, 0.2) is 18.5 Å². The minimum atomic E-state index is -3.20. The average Bonchev–Trinajstić information content (AvgIpc) is 3.11. The van der Waals surface area contributed by atoms with Crippen molar-refractivity contribution in [3.05, 3.63) is 24.3 Å². The summed E-state index contributed by atoms with van der Waals surface area (Å²) in [6.07, 6.45) is 7.67. The van der Waals surface area contributed by atoms with Gasteiger partial charge < -0.3 is 4.98 Å². The zero-order valence-electron chi connectivity index (χ0n) is 15.5. The van der Waals surface area contributed by atoms with Crippen LogP contribution in [0.3, 0.4) is 0 Å². The highest BCUT2D eigenvalue weighted by Gasteiger charge is 2.49. The second-order valence-electron chi connectivity index (χ2n) is 8.21. The number of aromatic amines is 1. The molecule has 9 heteroatoms. The number of nitrogens with one attached hydrogen (secondary N) is 2. The van der Waals surface area contributed by atoms with E-state index in [-0.39, 0.29) is 19.6 Å². The van der Waals surface area contributed by atoms with E-state index in [2.05, 4.69) is 43.1 Å². The fourth-order valence-corrected chi connectivity index (χ4v) is 6.39. The van der Waals surface area contributed by atoms with E-state index in [1.807, 2.05) is 12.3 Å². The van der Waals surface area contributed by atoms with Crippen LogP contribution in [-0.2, 0) is 15.4 Å². The quantitative estimate of drug-likeness (QED) is 0.694. The van der Waals surface area contributed by atoms with Crippen LogP contribution in [0.5, 0.6) is 0 Å². The van der Waals surface area contributed by atoms with Gasteiger partial charge in [0.25, 0.3) is 0 Å². The molecule has 0 saturated heterocycles. The number of fused-ring (bicyclic) bond motifs is 3. The van der Waals surface area contributed by atoms with Crippen molar-refractivity contribution in [2.45, 2.75) is 62.7 Å². The minimum Gasteiger partial charge on any atom is -0.345 e. The highest BCUT2D eigenvalue weighted by Crippen LogP contribution is 2.47. The lowest BCUT2D eigenvalue weighted by atomic mass is 9.77. The van der Waals surface area contributed by atoms with E-state index in [0.717, 1.165) is 54.7 Å². The largest absolute Gasteiger partial charge is 0.345 e. The lowest BCUT2D eigenvalue weighted by Crippen LogP contribution is -2.36. The van der Waals surface area contributed by atoms with Crippen molar-refractivity contribution < 1.29 is 11.3 Å². The predicted molar refractivity (Wildman–Crippen MR) is 106 cm³/mol. The van der Waals surface area contributed by atoms with Crippen molar-refractivity contribution in [2.24, 2.45) is 5.92 Å². The van der Waals surface area contributed by atoms with Gasteiger partial charge in [-0.3, -0.25) is 4.40 Å². The molecule has 3 heterocycles. The van der Waals surface area contributed by atoms with Crippen molar-refractivity contribution in [1.82, 2.24) is 29.3 Å². The van der Waals surface area contributed by atoms with Crippen molar-refractivity contribution in [3.8, 4) is 0 Å². The zero-order valence-corrected chi connectivity index (χ0v) is 16.3. The van der Waals surface area contributed by atoms with Gasteiger partial charge >= 0.3 is 0 Å². The Morgan fingerprint density at radius 2 is 2.22 bits per heavy atom. The molecule has 27 heavy (non-hydrogen) atoms. The van der Waals surface area contributed by atoms with Crippen LogP contribution in [0.4, 0.5) is 0 Å². The molecule has 0 radical (unpaired) electrons. The maximum Gasteiger partial charge on any atom is 0.214 e. The van der Waals surface area contributed by atoms with E-state index in [9.17, 15) is 8.42 Å². The van der Waals surface area contributed by atoms with Crippen LogP contribution in [0.1, 0.15) is 54.6 Å². The Bertz CT molecular complexity index is 1130. The normalized spacial score (nSPS) is 29.1. The predicted octanol–water partition coefficient (Wildman–Crippen LogP) is 2.63. The summed E-state index contributed by atoms with van der Waals surface area (Å²) in [5, 5.41) is 8.69. The van der Waals surface area contributed by atoms with Crippen LogP contribution in [-0.4, -0.2) is 44.3 Å². The molecule has 0 unspecified atom stereocenters. The Hall–Kier alpha value is -2.00. The van der Waals surface area contributed by atoms with Gasteiger partial charge in [-0.2, -0.15) is 0 Å². The summed E-state index contributed by atoms with van der Waals surface area (Å²) in [7, 11) is -3.20. The molecular weight excluding hydrogens is 364 g/mol. The van der Waals surface area contributed by atoms with E-state index in [1.165, 1.54) is 0 Å². The first-order valence-electron chi connectivity index (χ1n) is 9.61. The van der Waals surface area contributed by atoms with Crippen molar-refractivity contribution in [3.63, 3.8) is 0 Å². The van der Waals surface area contributed by atoms with Gasteiger partial charge in [0.05, 0.1) is 17.0 Å². The van der Waals surface area contributed by atoms with Gasteiger partial charge in [-0.1, -0.05) is 20.3 Å². The van der Waals surface area contributed by atoms with Crippen LogP contribution >= 0.6 is 0 Å². The van der Waals surface area contributed by atoms with Gasteiger partial charge in [-0.15, -0.1) is 10.2 Å². The maximum atomic E-state index is 12.4. The first kappa shape index (κ1) is 17.1. The third-order valence-electron chi connectivity index (χ3n) is 6.38. The summed E-state index contributed by atoms with van der Waals surface area (Å²) >= 11 is 0. The molecule has 5 rings (SSSR count). The molecule has 2 aliphatic carbocycles. The average molecular weight is 393 g/mol. The maximum absolute atomic E-state index is 12.4. The van der Waals surface area contributed by atoms with Crippen LogP contribution in [0.25, 0.3) is 16.8 Å². The Labute approximate surface area is 160 Å². The van der Waals surface area contributed by atoms with Crippen molar-refractivity contribution in [1.29, 1.82) is 0 Å². The SMILES string of the molecule is CC[C@@H]1C[C@H](NS(=O)(=O)C2CC2)C[C@@]1(C)c1nnc2cnc3[nH]ccc3n12.[HH].[HH]. The van der Waals surface area contributed by atoms with E-state index >= 15 is 0 Å². The number of hydrogen-bond acceptors (Lipinski definition) is 5. The fraction of sp³-hybridized carbons (Fsp3) is 0.611. The Kier molecular flexibility index (Phi) is 3.64. The lowest BCUT2D eigenvalue weighted by Gasteiger charge is -2.29. The fourth-order valence-electron chi connectivity index (χ4n) is 4.80. The Balaban J connectivity index is 0.00000120. The van der Waals surface area contributed by atoms with Crippen molar-refractivity contribution >= 4 is 26.8 Å². The molecule has 2 aliphatic rings. The summed E-state index contributed by atoms with van der Waals surface area (Å²) in [5.74, 6) is 1.23. The molecule has 3 atom stereocenters. The van der Waals surface area contributed by atoms with E-state index in [1.54, 1.807) is 6.20 Å². The third-order valence-corrected chi connectivity index (χ3v) is 8.39. The summed E-state index contributed by atoms with van der Waals surface area (Å²) in [6, 6.07) is 1.93. The molecule has 0 aliphatic heterocycles. The van der Waals surface area contributed by atoms with E-state index in [0.29, 0.717) is 5.92 Å². The van der Waals surface area contributed by atoms with Gasteiger partial charge in [0, 0.05) is 20.5 Å². The number of hydrogen-bond donors (Lipinski definition) is 2. The van der Waals surface area contributed by atoms with Crippen LogP contribution < -0.4 is 4.72 Å². The molecule has 0 aromatic carbocycles. The van der Waals surface area contributed by atoms with E-state index < -0.39 is 10.0 Å². The molecule has 3 aromatic heterocycles. The van der Waals surface area contributed by atoms with Gasteiger partial charge in [0.1, 0.15) is 5.82 Å². The first-order chi connectivity index (χ1) is 12.9. The topological polar surface area (TPSA) is 105 Å². The summed E-state index contributed by atoms with van der Waals surface area (Å²) in [5.41, 5.74) is 2.21. The minimum absolute atomic E-state index is 0. The molecule has 2 saturated carbocycles. The lowest BCUT2D eigenvalue weighted by molar-refractivity contribution is 0.315. The highest BCUT2D eigenvalue weighted by molar-refractivity contribution is 7.90. The highest BCUT2D eigenvalue weighted by atomic mass is 32.2. The molecule has 148 valence electrons. The second-order valence-corrected chi connectivity index (χ2v) is 10.2. The van der Waals surface area contributed by atoms with Gasteiger partial charge in [0.2, 0.25) is 10.0 Å². The number of aromatic nitrogens is 5. The molecule has 8 nitrogen and oxygen atoms in total. The molecule has 0 spiro atoms. The second kappa shape index (κ2) is 5.75. The van der Waals surface area contributed by atoms with Crippen LogP contribution in [0.2, 0.25) is 0 Å². The monoisotopic (exact) mass is 392 g/mol. The van der Waals surface area contributed by atoms with Gasteiger partial charge in [-0.05, 0) is 37.7 Å². The number of sulfonamides is 1. The van der Waals surface area contributed by atoms with Gasteiger partial charge in [-0.25, -0.2) is 18.1 Å². The molecule has 3 aromatic rings. The Morgan fingerprint density at radius 1 is 1.41 bits per heavy atom. The smallest absolute Gasteiger partial charge is 0.214 e. The van der Waals surface area contributed by atoms with Gasteiger partial charge in [0.15, 0.2) is 11.3 Å².